The van der Waals surface area contributed by atoms with Crippen LogP contribution in [-0.4, -0.2) is 42.0 Å². The van der Waals surface area contributed by atoms with Gasteiger partial charge in [0.1, 0.15) is 12.4 Å². The zero-order chi connectivity index (χ0) is 16.2. The molecule has 6 nitrogen and oxygen atoms in total. The van der Waals surface area contributed by atoms with Crippen LogP contribution in [0.4, 0.5) is 5.13 Å². The highest BCUT2D eigenvalue weighted by Crippen LogP contribution is 2.23. The maximum atomic E-state index is 12.9. The number of hydrogen-bond donors (Lipinski definition) is 0. The Morgan fingerprint density at radius 3 is 3.00 bits per heavy atom. The monoisotopic (exact) mass is 331 g/mol. The maximum absolute atomic E-state index is 12.9. The smallest absolute Gasteiger partial charge is 0.261 e. The predicted molar refractivity (Wildman–Crippen MR) is 87.7 cm³/mol. The first-order chi connectivity index (χ1) is 11.2. The maximum Gasteiger partial charge on any atom is 0.261 e. The molecule has 1 aromatic carbocycles. The van der Waals surface area contributed by atoms with Crippen LogP contribution in [0.25, 0.3) is 0 Å². The highest BCUT2D eigenvalue weighted by atomic mass is 32.1. The van der Waals surface area contributed by atoms with Gasteiger partial charge in [0.25, 0.3) is 5.91 Å². The minimum absolute atomic E-state index is 0.0741. The van der Waals surface area contributed by atoms with Gasteiger partial charge in [-0.15, -0.1) is 11.3 Å². The van der Waals surface area contributed by atoms with Gasteiger partial charge in [0.05, 0.1) is 7.11 Å². The largest absolute Gasteiger partial charge is 0.497 e. The number of methoxy groups -OCH3 is 1. The van der Waals surface area contributed by atoms with Crippen LogP contribution >= 0.6 is 11.3 Å². The van der Waals surface area contributed by atoms with Crippen molar-refractivity contribution in [2.45, 2.75) is 12.8 Å². The predicted octanol–water partition coefficient (Wildman–Crippen LogP) is 2.38. The van der Waals surface area contributed by atoms with Gasteiger partial charge in [0.2, 0.25) is 5.91 Å². The number of anilines is 1. The summed E-state index contributed by atoms with van der Waals surface area (Å²) in [6.07, 6.45) is 3.02. The number of hydrogen-bond acceptors (Lipinski definition) is 5. The molecule has 2 aromatic rings. The molecule has 0 atom stereocenters. The standard InChI is InChI=1S/C16H17N3O3S/c1-22-13-5-2-4-12(10-13)15(21)19(16-17-7-9-23-16)11-18-8-3-6-14(18)20/h2,4-5,7,9-10H,3,6,8,11H2,1H3. The molecule has 1 fully saturated rings. The van der Waals surface area contributed by atoms with Gasteiger partial charge < -0.3 is 9.64 Å². The molecule has 1 aliphatic heterocycles. The van der Waals surface area contributed by atoms with Crippen LogP contribution < -0.4 is 9.64 Å². The molecule has 0 radical (unpaired) electrons. The van der Waals surface area contributed by atoms with Gasteiger partial charge in [-0.05, 0) is 24.6 Å². The second-order valence-corrected chi connectivity index (χ2v) is 6.05. The third-order valence-electron chi connectivity index (χ3n) is 3.70. The number of ether oxygens (including phenoxy) is 1. The number of carbonyl (C=O) groups is 2. The van der Waals surface area contributed by atoms with E-state index in [-0.39, 0.29) is 18.5 Å². The Balaban J connectivity index is 1.88. The molecule has 2 heterocycles. The summed E-state index contributed by atoms with van der Waals surface area (Å²) in [5, 5.41) is 2.39. The first-order valence-corrected chi connectivity index (χ1v) is 8.20. The van der Waals surface area contributed by atoms with Crippen molar-refractivity contribution in [1.82, 2.24) is 9.88 Å². The van der Waals surface area contributed by atoms with Gasteiger partial charge in [-0.25, -0.2) is 4.98 Å². The van der Waals surface area contributed by atoms with Crippen LogP contribution in [0.15, 0.2) is 35.8 Å². The van der Waals surface area contributed by atoms with Crippen LogP contribution in [0, 0.1) is 0 Å². The van der Waals surface area contributed by atoms with Gasteiger partial charge >= 0.3 is 0 Å². The van der Waals surface area contributed by atoms with Crippen LogP contribution in [0.2, 0.25) is 0 Å². The number of aromatic nitrogens is 1. The molecule has 0 unspecified atom stereocenters. The molecule has 1 saturated heterocycles. The first-order valence-electron chi connectivity index (χ1n) is 7.32. The zero-order valence-electron chi connectivity index (χ0n) is 12.8. The fraction of sp³-hybridized carbons (Fsp3) is 0.312. The summed E-state index contributed by atoms with van der Waals surface area (Å²) in [6.45, 7) is 0.897. The molecule has 1 aliphatic rings. The fourth-order valence-electron chi connectivity index (χ4n) is 2.50. The molecule has 120 valence electrons. The summed E-state index contributed by atoms with van der Waals surface area (Å²) in [4.78, 5) is 32.3. The number of rotatable bonds is 5. The lowest BCUT2D eigenvalue weighted by molar-refractivity contribution is -0.127. The van der Waals surface area contributed by atoms with E-state index in [2.05, 4.69) is 4.98 Å². The van der Waals surface area contributed by atoms with Crippen molar-refractivity contribution in [3.63, 3.8) is 0 Å². The molecule has 0 aliphatic carbocycles. The molecule has 7 heteroatoms. The van der Waals surface area contributed by atoms with E-state index in [9.17, 15) is 9.59 Å². The van der Waals surface area contributed by atoms with Gasteiger partial charge in [-0.1, -0.05) is 6.07 Å². The summed E-state index contributed by atoms with van der Waals surface area (Å²) in [6, 6.07) is 6.98. The van der Waals surface area contributed by atoms with Gasteiger partial charge in [0.15, 0.2) is 5.13 Å². The normalized spacial score (nSPS) is 14.1. The molecular weight excluding hydrogens is 314 g/mol. The minimum atomic E-state index is -0.196. The molecule has 23 heavy (non-hydrogen) atoms. The second-order valence-electron chi connectivity index (χ2n) is 5.18. The van der Waals surface area contributed by atoms with E-state index in [1.165, 1.54) is 11.3 Å². The topological polar surface area (TPSA) is 62.7 Å². The number of nitrogens with zero attached hydrogens (tertiary/aromatic N) is 3. The van der Waals surface area contributed by atoms with Crippen molar-refractivity contribution in [1.29, 1.82) is 0 Å². The Kier molecular flexibility index (Phi) is 4.57. The van der Waals surface area contributed by atoms with E-state index in [0.29, 0.717) is 29.4 Å². The third-order valence-corrected chi connectivity index (χ3v) is 4.49. The zero-order valence-corrected chi connectivity index (χ0v) is 13.6. The number of carbonyl (C=O) groups excluding carboxylic acids is 2. The molecule has 3 rings (SSSR count). The van der Waals surface area contributed by atoms with Crippen molar-refractivity contribution in [3.8, 4) is 5.75 Å². The van der Waals surface area contributed by atoms with Gasteiger partial charge in [-0.2, -0.15) is 0 Å². The van der Waals surface area contributed by atoms with Crippen molar-refractivity contribution in [2.75, 3.05) is 25.2 Å². The summed E-state index contributed by atoms with van der Waals surface area (Å²) in [5.74, 6) is 0.496. The fourth-order valence-corrected chi connectivity index (χ4v) is 3.13. The van der Waals surface area contributed by atoms with Crippen molar-refractivity contribution in [2.24, 2.45) is 0 Å². The molecular formula is C16H17N3O3S. The van der Waals surface area contributed by atoms with Crippen LogP contribution in [0.3, 0.4) is 0 Å². The highest BCUT2D eigenvalue weighted by molar-refractivity contribution is 7.13. The van der Waals surface area contributed by atoms with Crippen molar-refractivity contribution in [3.05, 3.63) is 41.4 Å². The molecule has 0 N–H and O–H groups in total. The van der Waals surface area contributed by atoms with E-state index in [1.807, 2.05) is 5.38 Å². The number of amides is 2. The Hall–Kier alpha value is -2.41. The summed E-state index contributed by atoms with van der Waals surface area (Å²) in [7, 11) is 1.56. The van der Waals surface area contributed by atoms with E-state index in [4.69, 9.17) is 4.74 Å². The average molecular weight is 331 g/mol. The van der Waals surface area contributed by atoms with Gasteiger partial charge in [0, 0.05) is 30.1 Å². The number of thiazole rings is 1. The van der Waals surface area contributed by atoms with Gasteiger partial charge in [-0.3, -0.25) is 14.5 Å². The van der Waals surface area contributed by atoms with Crippen molar-refractivity contribution >= 4 is 28.3 Å². The van der Waals surface area contributed by atoms with Crippen LogP contribution in [-0.2, 0) is 4.79 Å². The lowest BCUT2D eigenvalue weighted by atomic mass is 10.2. The first kappa shape index (κ1) is 15.5. The minimum Gasteiger partial charge on any atom is -0.497 e. The van der Waals surface area contributed by atoms with Crippen molar-refractivity contribution < 1.29 is 14.3 Å². The van der Waals surface area contributed by atoms with E-state index in [1.54, 1.807) is 47.4 Å². The summed E-state index contributed by atoms with van der Waals surface area (Å²) in [5.41, 5.74) is 0.506. The second kappa shape index (κ2) is 6.78. The summed E-state index contributed by atoms with van der Waals surface area (Å²) < 4.78 is 5.18. The Morgan fingerprint density at radius 1 is 1.48 bits per heavy atom. The van der Waals surface area contributed by atoms with E-state index >= 15 is 0 Å². The average Bonchev–Trinajstić information content (AvgIpc) is 3.24. The SMILES string of the molecule is COc1cccc(C(=O)N(CN2CCCC2=O)c2nccs2)c1. The molecule has 1 aromatic heterocycles. The third kappa shape index (κ3) is 3.34. The lowest BCUT2D eigenvalue weighted by Gasteiger charge is -2.26. The molecule has 0 bridgehead atoms. The highest BCUT2D eigenvalue weighted by Gasteiger charge is 2.27. The lowest BCUT2D eigenvalue weighted by Crippen LogP contribution is -2.42. The molecule has 0 spiro atoms. The number of benzene rings is 1. The summed E-state index contributed by atoms with van der Waals surface area (Å²) >= 11 is 1.37. The van der Waals surface area contributed by atoms with Crippen LogP contribution in [0.1, 0.15) is 23.2 Å². The molecule has 0 saturated carbocycles. The van der Waals surface area contributed by atoms with E-state index in [0.717, 1.165) is 6.42 Å². The Bertz CT molecular complexity index is 702. The Labute approximate surface area is 138 Å². The van der Waals surface area contributed by atoms with E-state index < -0.39 is 0 Å². The number of likely N-dealkylation sites (tertiary alicyclic amines) is 1. The molecule has 2 amide bonds. The Morgan fingerprint density at radius 2 is 2.35 bits per heavy atom. The van der Waals surface area contributed by atoms with Crippen LogP contribution in [0.5, 0.6) is 5.75 Å². The quantitative estimate of drug-likeness (QED) is 0.844.